The van der Waals surface area contributed by atoms with Gasteiger partial charge in [-0.25, -0.2) is 4.79 Å². The van der Waals surface area contributed by atoms with Crippen LogP contribution in [0.15, 0.2) is 36.4 Å². The number of fused-ring (bicyclic) bond motifs is 1. The van der Waals surface area contributed by atoms with Crippen LogP contribution >= 0.6 is 0 Å². The summed E-state index contributed by atoms with van der Waals surface area (Å²) in [6, 6.07) is 2.19. The van der Waals surface area contributed by atoms with Gasteiger partial charge in [0.25, 0.3) is 0 Å². The number of methoxy groups -OCH3 is 1. The van der Waals surface area contributed by atoms with Crippen molar-refractivity contribution in [3.05, 3.63) is 47.6 Å². The number of cyclic esters (lactones) is 1. The molecule has 0 aromatic heterocycles. The van der Waals surface area contributed by atoms with Gasteiger partial charge in [-0.1, -0.05) is 58.4 Å². The number of hydrogen-bond acceptors (Lipinski definition) is 9. The number of hydrogen-bond donors (Lipinski definition) is 6. The fraction of sp³-hybridized carbons (Fsp3) is 0.625. The van der Waals surface area contributed by atoms with Crippen LogP contribution in [0.3, 0.4) is 0 Å². The standard InChI is InChI=1S/C32H50N2O8/c1-6-11-25(36)29(33)31(39)34-15-10-9-13-20(3)30(38)21(4)24(35)14-8-7-12-19(2)27-17-22-16-23(41-5)18-26(37)28(22)32(40)42-27/h7-10,16,18-21,24-25,27,29-30,35-38H,6,11-15,17,33H2,1-5H3,(H,34,39)/b8-7+,10-9+. The Labute approximate surface area is 249 Å². The summed E-state index contributed by atoms with van der Waals surface area (Å²) in [4.78, 5) is 24.5. The van der Waals surface area contributed by atoms with Gasteiger partial charge < -0.3 is 41.0 Å². The highest BCUT2D eigenvalue weighted by Crippen LogP contribution is 2.35. The van der Waals surface area contributed by atoms with Crippen molar-refractivity contribution in [3.63, 3.8) is 0 Å². The number of aliphatic hydroxyl groups excluding tert-OH is 3. The maximum absolute atomic E-state index is 12.5. The maximum Gasteiger partial charge on any atom is 0.342 e. The quantitative estimate of drug-likeness (QED) is 0.118. The van der Waals surface area contributed by atoms with Gasteiger partial charge in [0.1, 0.15) is 29.2 Å². The zero-order valence-corrected chi connectivity index (χ0v) is 25.5. The number of aliphatic hydroxyl groups is 3. The molecule has 0 bridgehead atoms. The number of amides is 1. The molecular weight excluding hydrogens is 540 g/mol. The smallest absolute Gasteiger partial charge is 0.342 e. The number of phenols is 1. The van der Waals surface area contributed by atoms with Crippen LogP contribution in [0.5, 0.6) is 11.5 Å². The Kier molecular flexibility index (Phi) is 14.5. The molecule has 1 aliphatic rings. The number of esters is 1. The molecule has 1 amide bonds. The Hall–Kier alpha value is -2.92. The number of carbonyl (C=O) groups excluding carboxylic acids is 2. The van der Waals surface area contributed by atoms with E-state index in [9.17, 15) is 30.0 Å². The van der Waals surface area contributed by atoms with E-state index in [1.54, 1.807) is 12.1 Å². The van der Waals surface area contributed by atoms with Crippen LogP contribution < -0.4 is 15.8 Å². The van der Waals surface area contributed by atoms with Crippen LogP contribution in [-0.4, -0.2) is 76.4 Å². The van der Waals surface area contributed by atoms with Crippen LogP contribution in [-0.2, 0) is 16.0 Å². The van der Waals surface area contributed by atoms with E-state index >= 15 is 0 Å². The number of nitrogens with one attached hydrogen (secondary N) is 1. The minimum atomic E-state index is -0.957. The van der Waals surface area contributed by atoms with Crippen molar-refractivity contribution < 1.29 is 39.5 Å². The fourth-order valence-corrected chi connectivity index (χ4v) is 5.06. The molecule has 0 radical (unpaired) electrons. The molecule has 236 valence electrons. The second kappa shape index (κ2) is 17.3. The van der Waals surface area contributed by atoms with Crippen molar-refractivity contribution in [2.45, 2.75) is 96.7 Å². The molecule has 0 saturated carbocycles. The van der Waals surface area contributed by atoms with Crippen molar-refractivity contribution in [2.75, 3.05) is 13.7 Å². The van der Waals surface area contributed by atoms with E-state index in [2.05, 4.69) is 5.32 Å². The highest BCUT2D eigenvalue weighted by Gasteiger charge is 2.32. The molecule has 0 fully saturated rings. The van der Waals surface area contributed by atoms with Crippen LogP contribution in [0.4, 0.5) is 0 Å². The van der Waals surface area contributed by atoms with Crippen molar-refractivity contribution >= 4 is 11.9 Å². The largest absolute Gasteiger partial charge is 0.507 e. The number of benzene rings is 1. The lowest BCUT2D eigenvalue weighted by molar-refractivity contribution is -0.124. The summed E-state index contributed by atoms with van der Waals surface area (Å²) in [6.45, 7) is 7.90. The van der Waals surface area contributed by atoms with Gasteiger partial charge >= 0.3 is 5.97 Å². The van der Waals surface area contributed by atoms with Gasteiger partial charge in [0.15, 0.2) is 0 Å². The van der Waals surface area contributed by atoms with E-state index in [0.717, 1.165) is 6.42 Å². The molecule has 10 heteroatoms. The maximum atomic E-state index is 12.5. The number of nitrogens with two attached hydrogens (primary N) is 1. The number of rotatable bonds is 17. The van der Waals surface area contributed by atoms with E-state index in [4.69, 9.17) is 15.2 Å². The van der Waals surface area contributed by atoms with Crippen molar-refractivity contribution in [1.82, 2.24) is 5.32 Å². The summed E-state index contributed by atoms with van der Waals surface area (Å²) in [7, 11) is 1.50. The zero-order valence-electron chi connectivity index (χ0n) is 25.5. The Morgan fingerprint density at radius 2 is 1.76 bits per heavy atom. The monoisotopic (exact) mass is 590 g/mol. The third kappa shape index (κ3) is 10.1. The molecule has 1 aliphatic heterocycles. The normalized spacial score (nSPS) is 20.3. The van der Waals surface area contributed by atoms with Crippen molar-refractivity contribution in [1.29, 1.82) is 0 Å². The molecule has 0 saturated heterocycles. The fourth-order valence-electron chi connectivity index (χ4n) is 5.06. The predicted octanol–water partition coefficient (Wildman–Crippen LogP) is 3.00. The van der Waals surface area contributed by atoms with Crippen LogP contribution in [0, 0.1) is 17.8 Å². The summed E-state index contributed by atoms with van der Waals surface area (Å²) in [5, 5.41) is 44.1. The minimum absolute atomic E-state index is 0.0144. The first-order chi connectivity index (χ1) is 19.9. The molecule has 1 heterocycles. The molecule has 1 aromatic rings. The molecule has 1 aromatic carbocycles. The molecule has 7 N–H and O–H groups in total. The molecule has 0 spiro atoms. The number of carbonyl (C=O) groups is 2. The second-order valence-corrected chi connectivity index (χ2v) is 11.5. The summed E-state index contributed by atoms with van der Waals surface area (Å²) in [5.74, 6) is -1.07. The Morgan fingerprint density at radius 3 is 2.43 bits per heavy atom. The number of aromatic hydroxyl groups is 1. The summed E-state index contributed by atoms with van der Waals surface area (Å²) in [5.41, 5.74) is 6.64. The first-order valence-corrected chi connectivity index (χ1v) is 14.9. The molecule has 10 nitrogen and oxygen atoms in total. The van der Waals surface area contributed by atoms with Crippen LogP contribution in [0.2, 0.25) is 0 Å². The van der Waals surface area contributed by atoms with Gasteiger partial charge in [0.2, 0.25) is 5.91 Å². The molecule has 8 atom stereocenters. The number of phenolic OH excluding ortho intramolecular Hbond substituents is 1. The van der Waals surface area contributed by atoms with Gasteiger partial charge in [0.05, 0.1) is 25.4 Å². The average molecular weight is 591 g/mol. The lowest BCUT2D eigenvalue weighted by atomic mass is 9.86. The Balaban J connectivity index is 1.76. The summed E-state index contributed by atoms with van der Waals surface area (Å²) in [6.07, 6.45) is 8.08. The second-order valence-electron chi connectivity index (χ2n) is 11.5. The summed E-state index contributed by atoms with van der Waals surface area (Å²) >= 11 is 0. The van der Waals surface area contributed by atoms with Gasteiger partial charge in [-0.2, -0.15) is 0 Å². The number of ether oxygens (including phenoxy) is 2. The van der Waals surface area contributed by atoms with Gasteiger partial charge in [-0.05, 0) is 49.1 Å². The van der Waals surface area contributed by atoms with E-state index in [1.807, 2.05) is 45.9 Å². The van der Waals surface area contributed by atoms with Gasteiger partial charge in [-0.3, -0.25) is 4.79 Å². The molecule has 0 aliphatic carbocycles. The first-order valence-electron chi connectivity index (χ1n) is 14.9. The van der Waals surface area contributed by atoms with E-state index in [1.165, 1.54) is 13.2 Å². The SMILES string of the molecule is CCCC(O)C(N)C(=O)NC/C=C/CC(C)C(O)C(C)C(O)C/C=C/CC(C)C1Cc2cc(OC)cc(O)c2C(=O)O1. The van der Waals surface area contributed by atoms with E-state index < -0.39 is 36.2 Å². The molecule has 2 rings (SSSR count). The highest BCUT2D eigenvalue weighted by atomic mass is 16.5. The third-order valence-electron chi connectivity index (χ3n) is 8.08. The molecule has 42 heavy (non-hydrogen) atoms. The highest BCUT2D eigenvalue weighted by molar-refractivity contribution is 5.95. The minimum Gasteiger partial charge on any atom is -0.507 e. The first kappa shape index (κ1) is 35.3. The lowest BCUT2D eigenvalue weighted by Gasteiger charge is -2.29. The zero-order chi connectivity index (χ0) is 31.4. The lowest BCUT2D eigenvalue weighted by Crippen LogP contribution is -2.48. The Bertz CT molecular complexity index is 1070. The van der Waals surface area contributed by atoms with E-state index in [0.29, 0.717) is 43.4 Å². The van der Waals surface area contributed by atoms with Gasteiger partial charge in [0, 0.05) is 24.9 Å². The topological polar surface area (TPSA) is 172 Å². The Morgan fingerprint density at radius 1 is 1.10 bits per heavy atom. The van der Waals surface area contributed by atoms with Crippen molar-refractivity contribution in [3.8, 4) is 11.5 Å². The third-order valence-corrected chi connectivity index (χ3v) is 8.08. The number of allylic oxidation sites excluding steroid dienone is 2. The average Bonchev–Trinajstić information content (AvgIpc) is 2.96. The van der Waals surface area contributed by atoms with Crippen LogP contribution in [0.1, 0.15) is 75.7 Å². The van der Waals surface area contributed by atoms with Crippen LogP contribution in [0.25, 0.3) is 0 Å². The summed E-state index contributed by atoms with van der Waals surface area (Å²) < 4.78 is 10.8. The predicted molar refractivity (Wildman–Crippen MR) is 161 cm³/mol. The van der Waals surface area contributed by atoms with Gasteiger partial charge in [-0.15, -0.1) is 0 Å². The van der Waals surface area contributed by atoms with Crippen molar-refractivity contribution in [2.24, 2.45) is 23.5 Å². The van der Waals surface area contributed by atoms with E-state index in [-0.39, 0.29) is 41.7 Å². The molecule has 8 unspecified atom stereocenters. The molecular formula is C32H50N2O8.